The van der Waals surface area contributed by atoms with Gasteiger partial charge in [-0.2, -0.15) is 0 Å². The van der Waals surface area contributed by atoms with Crippen LogP contribution in [0, 0.1) is 0 Å². The quantitative estimate of drug-likeness (QED) is 0.709. The van der Waals surface area contributed by atoms with Gasteiger partial charge in [0.05, 0.1) is 0 Å². The Kier molecular flexibility index (Phi) is 4.19. The molecular weight excluding hydrogens is 322 g/mol. The lowest BCUT2D eigenvalue weighted by Gasteiger charge is -2.43. The van der Waals surface area contributed by atoms with Gasteiger partial charge in [0.1, 0.15) is 0 Å². The first kappa shape index (κ1) is 14.8. The van der Waals surface area contributed by atoms with Gasteiger partial charge in [-0.3, -0.25) is 4.90 Å². The van der Waals surface area contributed by atoms with E-state index in [0.29, 0.717) is 18.0 Å². The van der Waals surface area contributed by atoms with Crippen LogP contribution < -0.4 is 0 Å². The Morgan fingerprint density at radius 1 is 0.905 bits per heavy atom. The van der Waals surface area contributed by atoms with Gasteiger partial charge in [0.15, 0.2) is 0 Å². The Hall–Kier alpha value is -1.12. The molecule has 2 aromatic carbocycles. The SMILES string of the molecule is Br.C[C@@H]1[C@@H](c2ccccc2)c2ccccc2[C@@H]2CCCN12. The summed E-state index contributed by atoms with van der Waals surface area (Å²) in [7, 11) is 0. The standard InChI is InChI=1S/C19H21N.BrH/c1-14-19(15-8-3-2-4-9-15)17-11-6-5-10-16(17)18-12-7-13-20(14)18;/h2-6,8-11,14,18-19H,7,12-13H2,1H3;1H/t14-,18+,19+;/m1./s1. The lowest BCUT2D eigenvalue weighted by Crippen LogP contribution is -2.42. The Balaban J connectivity index is 0.00000132. The molecule has 3 atom stereocenters. The molecule has 0 aromatic heterocycles. The maximum Gasteiger partial charge on any atom is 0.0354 e. The predicted molar refractivity (Wildman–Crippen MR) is 93.2 cm³/mol. The van der Waals surface area contributed by atoms with Gasteiger partial charge >= 0.3 is 0 Å². The minimum Gasteiger partial charge on any atom is -0.293 e. The fraction of sp³-hybridized carbons (Fsp3) is 0.368. The van der Waals surface area contributed by atoms with E-state index in [4.69, 9.17) is 0 Å². The number of hydrogen-bond donors (Lipinski definition) is 0. The summed E-state index contributed by atoms with van der Waals surface area (Å²) < 4.78 is 0. The van der Waals surface area contributed by atoms with E-state index in [1.165, 1.54) is 24.9 Å². The van der Waals surface area contributed by atoms with E-state index in [0.717, 1.165) is 0 Å². The van der Waals surface area contributed by atoms with Crippen LogP contribution in [0.4, 0.5) is 0 Å². The van der Waals surface area contributed by atoms with Crippen LogP contribution in [0.1, 0.15) is 48.4 Å². The third-order valence-corrected chi connectivity index (χ3v) is 5.15. The highest BCUT2D eigenvalue weighted by Crippen LogP contribution is 2.47. The smallest absolute Gasteiger partial charge is 0.0354 e. The molecule has 2 heteroatoms. The van der Waals surface area contributed by atoms with Crippen molar-refractivity contribution >= 4 is 17.0 Å². The molecule has 0 radical (unpaired) electrons. The molecule has 1 fully saturated rings. The molecule has 0 bridgehead atoms. The van der Waals surface area contributed by atoms with Gasteiger partial charge in [0.25, 0.3) is 0 Å². The first-order valence-corrected chi connectivity index (χ1v) is 7.76. The van der Waals surface area contributed by atoms with Crippen molar-refractivity contribution in [1.29, 1.82) is 0 Å². The molecule has 0 N–H and O–H groups in total. The lowest BCUT2D eigenvalue weighted by molar-refractivity contribution is 0.160. The largest absolute Gasteiger partial charge is 0.293 e. The summed E-state index contributed by atoms with van der Waals surface area (Å²) >= 11 is 0. The van der Waals surface area contributed by atoms with Crippen molar-refractivity contribution in [3.05, 3.63) is 71.3 Å². The van der Waals surface area contributed by atoms with Crippen LogP contribution in [0.2, 0.25) is 0 Å². The summed E-state index contributed by atoms with van der Waals surface area (Å²) in [6, 6.07) is 21.4. The summed E-state index contributed by atoms with van der Waals surface area (Å²) in [6.07, 6.45) is 2.66. The number of nitrogens with zero attached hydrogens (tertiary/aromatic N) is 1. The van der Waals surface area contributed by atoms with Crippen LogP contribution in [-0.2, 0) is 0 Å². The molecule has 110 valence electrons. The summed E-state index contributed by atoms with van der Waals surface area (Å²) in [5, 5.41) is 0. The molecule has 1 nitrogen and oxygen atoms in total. The predicted octanol–water partition coefficient (Wildman–Crippen LogP) is 4.94. The number of halogens is 1. The van der Waals surface area contributed by atoms with E-state index in [-0.39, 0.29) is 17.0 Å². The zero-order valence-corrected chi connectivity index (χ0v) is 14.1. The van der Waals surface area contributed by atoms with E-state index in [9.17, 15) is 0 Å². The molecule has 2 heterocycles. The molecule has 21 heavy (non-hydrogen) atoms. The summed E-state index contributed by atoms with van der Waals surface area (Å²) in [5.74, 6) is 0.516. The lowest BCUT2D eigenvalue weighted by atomic mass is 9.77. The van der Waals surface area contributed by atoms with E-state index in [2.05, 4.69) is 66.4 Å². The van der Waals surface area contributed by atoms with Crippen molar-refractivity contribution in [3.8, 4) is 0 Å². The molecular formula is C19H22BrN. The number of fused-ring (bicyclic) bond motifs is 3. The molecule has 2 aliphatic heterocycles. The maximum atomic E-state index is 2.72. The molecule has 0 saturated carbocycles. The second-order valence-electron chi connectivity index (χ2n) is 6.15. The van der Waals surface area contributed by atoms with Gasteiger partial charge in [-0.15, -0.1) is 17.0 Å². The molecule has 4 rings (SSSR count). The molecule has 2 aliphatic rings. The minimum atomic E-state index is 0. The third kappa shape index (κ3) is 2.35. The minimum absolute atomic E-state index is 0. The van der Waals surface area contributed by atoms with Crippen molar-refractivity contribution in [3.63, 3.8) is 0 Å². The van der Waals surface area contributed by atoms with Crippen molar-refractivity contribution in [2.45, 2.75) is 37.8 Å². The Morgan fingerprint density at radius 2 is 1.57 bits per heavy atom. The second kappa shape index (κ2) is 5.94. The van der Waals surface area contributed by atoms with Crippen LogP contribution in [0.5, 0.6) is 0 Å². The third-order valence-electron chi connectivity index (χ3n) is 5.15. The Bertz CT molecular complexity index is 610. The van der Waals surface area contributed by atoms with Gasteiger partial charge in [-0.1, -0.05) is 54.6 Å². The highest BCUT2D eigenvalue weighted by atomic mass is 79.9. The Labute approximate surface area is 137 Å². The summed E-state index contributed by atoms with van der Waals surface area (Å²) in [4.78, 5) is 2.72. The fourth-order valence-corrected chi connectivity index (χ4v) is 4.28. The van der Waals surface area contributed by atoms with E-state index >= 15 is 0 Å². The zero-order valence-electron chi connectivity index (χ0n) is 12.4. The molecule has 0 unspecified atom stereocenters. The van der Waals surface area contributed by atoms with Gasteiger partial charge in [-0.25, -0.2) is 0 Å². The van der Waals surface area contributed by atoms with Crippen LogP contribution in [0.3, 0.4) is 0 Å². The average molecular weight is 344 g/mol. The molecule has 2 aromatic rings. The van der Waals surface area contributed by atoms with Crippen molar-refractivity contribution in [2.75, 3.05) is 6.54 Å². The normalized spacial score (nSPS) is 27.6. The number of hydrogen-bond acceptors (Lipinski definition) is 1. The van der Waals surface area contributed by atoms with Crippen LogP contribution in [-0.4, -0.2) is 17.5 Å². The van der Waals surface area contributed by atoms with Gasteiger partial charge in [-0.05, 0) is 43.0 Å². The van der Waals surface area contributed by atoms with E-state index < -0.39 is 0 Å². The molecule has 1 saturated heterocycles. The fourth-order valence-electron chi connectivity index (χ4n) is 4.28. The summed E-state index contributed by atoms with van der Waals surface area (Å²) in [6.45, 7) is 3.66. The highest BCUT2D eigenvalue weighted by molar-refractivity contribution is 8.93. The van der Waals surface area contributed by atoms with Crippen LogP contribution >= 0.6 is 17.0 Å². The number of benzene rings is 2. The van der Waals surface area contributed by atoms with Gasteiger partial charge in [0, 0.05) is 18.0 Å². The van der Waals surface area contributed by atoms with Crippen LogP contribution in [0.25, 0.3) is 0 Å². The maximum absolute atomic E-state index is 2.72. The first-order chi connectivity index (χ1) is 9.86. The van der Waals surface area contributed by atoms with Gasteiger partial charge in [0.2, 0.25) is 0 Å². The van der Waals surface area contributed by atoms with E-state index in [1.54, 1.807) is 11.1 Å². The zero-order chi connectivity index (χ0) is 13.5. The van der Waals surface area contributed by atoms with Crippen molar-refractivity contribution in [1.82, 2.24) is 4.90 Å². The second-order valence-corrected chi connectivity index (χ2v) is 6.15. The molecule has 0 aliphatic carbocycles. The van der Waals surface area contributed by atoms with Crippen LogP contribution in [0.15, 0.2) is 54.6 Å². The average Bonchev–Trinajstić information content (AvgIpc) is 2.99. The van der Waals surface area contributed by atoms with Crippen molar-refractivity contribution in [2.24, 2.45) is 0 Å². The van der Waals surface area contributed by atoms with Crippen molar-refractivity contribution < 1.29 is 0 Å². The summed E-state index contributed by atoms with van der Waals surface area (Å²) in [5.41, 5.74) is 4.57. The molecule has 0 spiro atoms. The topological polar surface area (TPSA) is 3.24 Å². The highest BCUT2D eigenvalue weighted by Gasteiger charge is 2.40. The first-order valence-electron chi connectivity index (χ1n) is 7.76. The monoisotopic (exact) mass is 343 g/mol. The number of rotatable bonds is 1. The molecule has 0 amide bonds. The Morgan fingerprint density at radius 3 is 2.33 bits per heavy atom. The van der Waals surface area contributed by atoms with Gasteiger partial charge < -0.3 is 0 Å². The van der Waals surface area contributed by atoms with E-state index in [1.807, 2.05) is 0 Å².